The number of hydrogen-bond acceptors (Lipinski definition) is 6. The second-order valence-corrected chi connectivity index (χ2v) is 5.73. The van der Waals surface area contributed by atoms with Crippen molar-refractivity contribution in [1.29, 1.82) is 0 Å². The first kappa shape index (κ1) is 18.4. The number of nitrogens with zero attached hydrogens (tertiary/aromatic N) is 1. The molecule has 0 spiro atoms. The van der Waals surface area contributed by atoms with E-state index in [0.29, 0.717) is 12.5 Å². The molecule has 0 aliphatic heterocycles. The van der Waals surface area contributed by atoms with Crippen LogP contribution in [0, 0.1) is 0 Å². The summed E-state index contributed by atoms with van der Waals surface area (Å²) in [5, 5.41) is 3.52. The van der Waals surface area contributed by atoms with Crippen molar-refractivity contribution in [3.8, 4) is 0 Å². The zero-order chi connectivity index (χ0) is 14.1. The average Bonchev–Trinajstić information content (AvgIpc) is 2.48. The quantitative estimate of drug-likeness (QED) is 0.702. The van der Waals surface area contributed by atoms with Gasteiger partial charge in [-0.3, -0.25) is 9.11 Å². The highest BCUT2D eigenvalue weighted by atomic mass is 32.2. The summed E-state index contributed by atoms with van der Waals surface area (Å²) in [6.45, 7) is 2.03. The average molecular weight is 289 g/mol. The van der Waals surface area contributed by atoms with E-state index in [9.17, 15) is 16.8 Å². The Kier molecular flexibility index (Phi) is 8.84. The summed E-state index contributed by atoms with van der Waals surface area (Å²) in [4.78, 5) is 0. The molecule has 10 heteroatoms. The summed E-state index contributed by atoms with van der Waals surface area (Å²) in [5.74, 6) is 0.944. The van der Waals surface area contributed by atoms with Crippen molar-refractivity contribution < 1.29 is 30.5 Å². The van der Waals surface area contributed by atoms with Crippen LogP contribution in [0.15, 0.2) is 16.8 Å². The van der Waals surface area contributed by atoms with E-state index < -0.39 is 20.2 Å². The van der Waals surface area contributed by atoms with E-state index in [1.54, 1.807) is 6.20 Å². The standard InChI is InChI=1S/C5H7NO.2CH4O3S/c1-2-5-3-4-6-7-5;2*1-5(2,3)4/h3-4H,2H2,1H3;2*1H3,(H,2,3,4). The summed E-state index contributed by atoms with van der Waals surface area (Å²) >= 11 is 0. The smallest absolute Gasteiger partial charge is 0.261 e. The number of rotatable bonds is 1. The summed E-state index contributed by atoms with van der Waals surface area (Å²) in [6.07, 6.45) is 4.01. The number of aryl methyl sites for hydroxylation is 1. The van der Waals surface area contributed by atoms with Crippen LogP contribution in [-0.2, 0) is 26.7 Å². The van der Waals surface area contributed by atoms with Crippen molar-refractivity contribution in [2.75, 3.05) is 12.5 Å². The second-order valence-electron chi connectivity index (χ2n) is 2.80. The lowest BCUT2D eigenvalue weighted by atomic mass is 10.4. The van der Waals surface area contributed by atoms with Crippen LogP contribution in [0.3, 0.4) is 0 Å². The summed E-state index contributed by atoms with van der Waals surface area (Å²) in [5.41, 5.74) is 0. The third-order valence-electron chi connectivity index (χ3n) is 0.840. The molecule has 0 saturated carbocycles. The molecule has 0 fully saturated rings. The van der Waals surface area contributed by atoms with Crippen molar-refractivity contribution in [1.82, 2.24) is 5.16 Å². The van der Waals surface area contributed by atoms with E-state index in [1.165, 1.54) is 0 Å². The third kappa shape index (κ3) is 39.6. The molecule has 2 N–H and O–H groups in total. The fraction of sp³-hybridized carbons (Fsp3) is 0.571. The predicted molar refractivity (Wildman–Crippen MR) is 60.8 cm³/mol. The largest absolute Gasteiger partial charge is 0.361 e. The highest BCUT2D eigenvalue weighted by Crippen LogP contribution is 1.94. The van der Waals surface area contributed by atoms with Crippen molar-refractivity contribution in [2.45, 2.75) is 13.3 Å². The van der Waals surface area contributed by atoms with Crippen molar-refractivity contribution in [2.24, 2.45) is 0 Å². The van der Waals surface area contributed by atoms with Gasteiger partial charge in [0.2, 0.25) is 0 Å². The first-order valence-corrected chi connectivity index (χ1v) is 7.87. The van der Waals surface area contributed by atoms with E-state index in [4.69, 9.17) is 13.6 Å². The van der Waals surface area contributed by atoms with Gasteiger partial charge in [0.15, 0.2) is 0 Å². The fourth-order valence-electron chi connectivity index (χ4n) is 0.425. The Bertz CT molecular complexity index is 428. The van der Waals surface area contributed by atoms with E-state index >= 15 is 0 Å². The highest BCUT2D eigenvalue weighted by Gasteiger charge is 1.86. The van der Waals surface area contributed by atoms with Crippen LogP contribution in [0.2, 0.25) is 0 Å². The fourth-order valence-corrected chi connectivity index (χ4v) is 0.425. The lowest BCUT2D eigenvalue weighted by Crippen LogP contribution is -1.88. The molecule has 1 rings (SSSR count). The van der Waals surface area contributed by atoms with Gasteiger partial charge in [-0.1, -0.05) is 12.1 Å². The van der Waals surface area contributed by atoms with Crippen molar-refractivity contribution in [3.63, 3.8) is 0 Å². The van der Waals surface area contributed by atoms with Crippen molar-refractivity contribution in [3.05, 3.63) is 18.0 Å². The van der Waals surface area contributed by atoms with Crippen LogP contribution in [0.4, 0.5) is 0 Å². The zero-order valence-corrected chi connectivity index (χ0v) is 11.2. The molecule has 8 nitrogen and oxygen atoms in total. The molecule has 1 heterocycles. The molecule has 0 bridgehead atoms. The van der Waals surface area contributed by atoms with Crippen molar-refractivity contribution >= 4 is 20.2 Å². The third-order valence-corrected chi connectivity index (χ3v) is 0.840. The predicted octanol–water partition coefficient (Wildman–Crippen LogP) is 0.245. The summed E-state index contributed by atoms with van der Waals surface area (Å²) in [6, 6.07) is 1.86. The van der Waals surface area contributed by atoms with Crippen LogP contribution >= 0.6 is 0 Å². The van der Waals surface area contributed by atoms with Gasteiger partial charge in [-0.2, -0.15) is 16.8 Å². The van der Waals surface area contributed by atoms with Gasteiger partial charge in [0, 0.05) is 12.5 Å². The lowest BCUT2D eigenvalue weighted by Gasteiger charge is -1.76. The normalized spacial score (nSPS) is 10.6. The minimum atomic E-state index is -3.67. The maximum Gasteiger partial charge on any atom is 0.261 e. The van der Waals surface area contributed by atoms with E-state index in [0.717, 1.165) is 12.2 Å². The first-order valence-electron chi connectivity index (χ1n) is 4.18. The maximum atomic E-state index is 9.19. The van der Waals surface area contributed by atoms with Gasteiger partial charge in [-0.25, -0.2) is 0 Å². The van der Waals surface area contributed by atoms with Gasteiger partial charge in [0.1, 0.15) is 5.76 Å². The molecule has 1 aromatic rings. The monoisotopic (exact) mass is 289 g/mol. The van der Waals surface area contributed by atoms with Crippen LogP contribution in [-0.4, -0.2) is 43.6 Å². The maximum absolute atomic E-state index is 9.19. The van der Waals surface area contributed by atoms with Gasteiger partial charge in [0.25, 0.3) is 20.2 Å². The second kappa shape index (κ2) is 8.17. The minimum Gasteiger partial charge on any atom is -0.361 e. The summed E-state index contributed by atoms with van der Waals surface area (Å²) in [7, 11) is -7.33. The molecule has 0 radical (unpaired) electrons. The van der Waals surface area contributed by atoms with Crippen LogP contribution in [0.5, 0.6) is 0 Å². The number of hydrogen-bond donors (Lipinski definition) is 2. The molecule has 0 aliphatic carbocycles. The van der Waals surface area contributed by atoms with Gasteiger partial charge >= 0.3 is 0 Å². The Morgan fingerprint density at radius 3 is 1.65 bits per heavy atom. The first-order chi connectivity index (χ1) is 7.43. The molecule has 0 aliphatic rings. The van der Waals surface area contributed by atoms with Gasteiger partial charge in [-0.05, 0) is 0 Å². The van der Waals surface area contributed by atoms with Crippen LogP contribution < -0.4 is 0 Å². The van der Waals surface area contributed by atoms with Gasteiger partial charge in [-0.15, -0.1) is 0 Å². The molecule has 0 amide bonds. The molecule has 0 unspecified atom stereocenters. The molecule has 102 valence electrons. The Morgan fingerprint density at radius 2 is 1.53 bits per heavy atom. The molecule has 17 heavy (non-hydrogen) atoms. The number of aromatic nitrogens is 1. The topological polar surface area (TPSA) is 135 Å². The molecule has 0 aromatic carbocycles. The lowest BCUT2D eigenvalue weighted by molar-refractivity contribution is 0.387. The van der Waals surface area contributed by atoms with Gasteiger partial charge < -0.3 is 4.52 Å². The SMILES string of the molecule is CCc1ccno1.CS(=O)(=O)O.CS(=O)(=O)O. The molecule has 0 atom stereocenters. The summed E-state index contributed by atoms with van der Waals surface area (Å²) < 4.78 is 56.5. The van der Waals surface area contributed by atoms with E-state index in [1.807, 2.05) is 13.0 Å². The Morgan fingerprint density at radius 1 is 1.18 bits per heavy atom. The molecule has 1 aromatic heterocycles. The molecular formula is C7H15NO7S2. The Hall–Kier alpha value is -0.970. The molecule has 0 saturated heterocycles. The Labute approximate surface area is 100 Å². The Balaban J connectivity index is 0. The minimum absolute atomic E-state index is 0.715. The van der Waals surface area contributed by atoms with E-state index in [2.05, 4.69) is 5.16 Å². The van der Waals surface area contributed by atoms with Crippen LogP contribution in [0.25, 0.3) is 0 Å². The van der Waals surface area contributed by atoms with Crippen LogP contribution in [0.1, 0.15) is 12.7 Å². The highest BCUT2D eigenvalue weighted by molar-refractivity contribution is 7.85. The van der Waals surface area contributed by atoms with Gasteiger partial charge in [0.05, 0.1) is 18.7 Å². The van der Waals surface area contributed by atoms with E-state index in [-0.39, 0.29) is 0 Å². The molecular weight excluding hydrogens is 274 g/mol. The zero-order valence-electron chi connectivity index (χ0n) is 9.56.